The normalized spacial score (nSPS) is 15.9. The molecule has 9 heteroatoms. The maximum atomic E-state index is 13.6. The van der Waals surface area contributed by atoms with Crippen LogP contribution < -0.4 is 10.1 Å². The van der Waals surface area contributed by atoms with Crippen molar-refractivity contribution in [3.05, 3.63) is 52.0 Å². The summed E-state index contributed by atoms with van der Waals surface area (Å²) in [7, 11) is 0. The fourth-order valence-electron chi connectivity index (χ4n) is 5.36. The number of aromatic nitrogens is 1. The molecule has 0 bridgehead atoms. The first-order chi connectivity index (χ1) is 18.7. The van der Waals surface area contributed by atoms with Gasteiger partial charge in [-0.25, -0.2) is 9.36 Å². The highest BCUT2D eigenvalue weighted by molar-refractivity contribution is 6.34. The van der Waals surface area contributed by atoms with Crippen molar-refractivity contribution < 1.29 is 19.1 Å². The zero-order valence-electron chi connectivity index (χ0n) is 22.7. The van der Waals surface area contributed by atoms with Crippen LogP contribution in [-0.2, 0) is 17.8 Å². The number of piperidine rings is 1. The van der Waals surface area contributed by atoms with Gasteiger partial charge in [-0.3, -0.25) is 9.69 Å². The number of hydrogen-bond acceptors (Lipinski definition) is 5. The first kappa shape index (κ1) is 27.8. The molecule has 1 saturated heterocycles. The SMILES string of the molecule is CC(C)(C)OC(=O)n1c(-c2cc(OCCCCl)c(Cl)c3c2C(=O)NC3)cc2cc(CN3CCCCC3)ccc21. The Balaban J connectivity index is 1.66. The number of alkyl halides is 1. The maximum absolute atomic E-state index is 13.6. The van der Waals surface area contributed by atoms with E-state index in [1.54, 1.807) is 10.6 Å². The molecule has 3 aromatic rings. The Bertz CT molecular complexity index is 1400. The standard InChI is InChI=1S/C30H35Cl2N3O4/c1-30(2,3)39-29(37)35-23-9-8-19(18-34-11-5-4-6-12-34)14-20(23)15-24(35)21-16-25(38-13-7-10-31)27(32)22-17-33-28(36)26(21)22/h8-9,14-16H,4-7,10-13,17-18H2,1-3H3,(H,33,36). The number of ether oxygens (including phenoxy) is 2. The summed E-state index contributed by atoms with van der Waals surface area (Å²) in [6.45, 7) is 9.24. The highest BCUT2D eigenvalue weighted by Crippen LogP contribution is 2.42. The molecule has 39 heavy (non-hydrogen) atoms. The van der Waals surface area contributed by atoms with E-state index in [9.17, 15) is 9.59 Å². The van der Waals surface area contributed by atoms with Gasteiger partial charge in [-0.2, -0.15) is 0 Å². The Kier molecular flexibility index (Phi) is 8.13. The number of nitrogens with one attached hydrogen (secondary N) is 1. The summed E-state index contributed by atoms with van der Waals surface area (Å²) in [5, 5.41) is 4.17. The lowest BCUT2D eigenvalue weighted by molar-refractivity contribution is 0.0547. The molecule has 0 aliphatic carbocycles. The molecule has 2 aliphatic heterocycles. The Morgan fingerprint density at radius 2 is 1.87 bits per heavy atom. The van der Waals surface area contributed by atoms with Crippen LogP contribution in [-0.4, -0.2) is 52.6 Å². The van der Waals surface area contributed by atoms with Crippen molar-refractivity contribution in [2.24, 2.45) is 0 Å². The van der Waals surface area contributed by atoms with Crippen LogP contribution in [0.25, 0.3) is 22.2 Å². The Morgan fingerprint density at radius 3 is 2.59 bits per heavy atom. The lowest BCUT2D eigenvalue weighted by atomic mass is 9.99. The number of fused-ring (bicyclic) bond motifs is 2. The van der Waals surface area contributed by atoms with Crippen LogP contribution in [0.2, 0.25) is 5.02 Å². The molecule has 5 rings (SSSR count). The molecular weight excluding hydrogens is 537 g/mol. The quantitative estimate of drug-likeness (QED) is 0.244. The summed E-state index contributed by atoms with van der Waals surface area (Å²) in [4.78, 5) is 29.1. The first-order valence-electron chi connectivity index (χ1n) is 13.6. The van der Waals surface area contributed by atoms with Gasteiger partial charge in [0.05, 0.1) is 28.4 Å². The second-order valence-corrected chi connectivity index (χ2v) is 12.0. The number of hydrogen-bond donors (Lipinski definition) is 1. The van der Waals surface area contributed by atoms with Gasteiger partial charge in [0.1, 0.15) is 11.4 Å². The van der Waals surface area contributed by atoms with E-state index < -0.39 is 11.7 Å². The molecule has 2 aliphatic rings. The summed E-state index contributed by atoms with van der Waals surface area (Å²) >= 11 is 12.5. The molecule has 0 radical (unpaired) electrons. The van der Waals surface area contributed by atoms with Crippen LogP contribution >= 0.6 is 23.2 Å². The van der Waals surface area contributed by atoms with E-state index in [2.05, 4.69) is 22.3 Å². The van der Waals surface area contributed by atoms with E-state index in [0.717, 1.165) is 25.0 Å². The minimum absolute atomic E-state index is 0.235. The number of rotatable bonds is 7. The fourth-order valence-corrected chi connectivity index (χ4v) is 5.73. The highest BCUT2D eigenvalue weighted by Gasteiger charge is 2.32. The smallest absolute Gasteiger partial charge is 0.419 e. The van der Waals surface area contributed by atoms with Crippen molar-refractivity contribution in [1.82, 2.24) is 14.8 Å². The zero-order valence-corrected chi connectivity index (χ0v) is 24.3. The van der Waals surface area contributed by atoms with Crippen LogP contribution in [0.5, 0.6) is 5.75 Å². The summed E-state index contributed by atoms with van der Waals surface area (Å²) in [6.07, 6.45) is 3.87. The zero-order chi connectivity index (χ0) is 27.7. The third kappa shape index (κ3) is 5.91. The van der Waals surface area contributed by atoms with E-state index in [0.29, 0.717) is 64.1 Å². The molecule has 0 spiro atoms. The molecular formula is C30H35Cl2N3O4. The minimum atomic E-state index is -0.700. The fraction of sp³-hybridized carbons (Fsp3) is 0.467. The number of nitrogens with zero attached hydrogens (tertiary/aromatic N) is 2. The van der Waals surface area contributed by atoms with Gasteiger partial charge in [0.25, 0.3) is 5.91 Å². The predicted octanol–water partition coefficient (Wildman–Crippen LogP) is 6.98. The Hall–Kier alpha value is -2.74. The summed E-state index contributed by atoms with van der Waals surface area (Å²) < 4.78 is 13.4. The first-order valence-corrected chi connectivity index (χ1v) is 14.5. The number of carbonyl (C=O) groups excluding carboxylic acids is 2. The lowest BCUT2D eigenvalue weighted by Gasteiger charge is -2.26. The highest BCUT2D eigenvalue weighted by atomic mass is 35.5. The molecule has 1 N–H and O–H groups in total. The van der Waals surface area contributed by atoms with E-state index in [1.165, 1.54) is 24.8 Å². The molecule has 3 heterocycles. The number of benzene rings is 2. The largest absolute Gasteiger partial charge is 0.492 e. The second-order valence-electron chi connectivity index (χ2n) is 11.2. The third-order valence-electron chi connectivity index (χ3n) is 7.09. The average Bonchev–Trinajstić information content (AvgIpc) is 3.46. The Labute approximate surface area is 239 Å². The van der Waals surface area contributed by atoms with Gasteiger partial charge in [0.15, 0.2) is 0 Å². The number of halogens is 2. The molecule has 1 fully saturated rings. The minimum Gasteiger partial charge on any atom is -0.492 e. The number of amides is 1. The molecule has 0 unspecified atom stereocenters. The van der Waals surface area contributed by atoms with E-state index >= 15 is 0 Å². The molecule has 0 atom stereocenters. The number of carbonyl (C=O) groups is 2. The van der Waals surface area contributed by atoms with E-state index in [-0.39, 0.29) is 5.91 Å². The third-order valence-corrected chi connectivity index (χ3v) is 7.77. The van der Waals surface area contributed by atoms with E-state index in [1.807, 2.05) is 32.9 Å². The average molecular weight is 573 g/mol. The summed E-state index contributed by atoms with van der Waals surface area (Å²) in [5.74, 6) is 0.682. The van der Waals surface area contributed by atoms with Gasteiger partial charge >= 0.3 is 6.09 Å². The Morgan fingerprint density at radius 1 is 1.10 bits per heavy atom. The van der Waals surface area contributed by atoms with Crippen molar-refractivity contribution >= 4 is 46.1 Å². The van der Waals surface area contributed by atoms with Crippen LogP contribution in [0.4, 0.5) is 4.79 Å². The van der Waals surface area contributed by atoms with Crippen LogP contribution in [0.3, 0.4) is 0 Å². The van der Waals surface area contributed by atoms with Gasteiger partial charge in [0, 0.05) is 35.5 Å². The van der Waals surface area contributed by atoms with Crippen molar-refractivity contribution in [1.29, 1.82) is 0 Å². The summed E-state index contributed by atoms with van der Waals surface area (Å²) in [5.41, 5.74) is 3.44. The second kappa shape index (κ2) is 11.4. The molecule has 7 nitrogen and oxygen atoms in total. The molecule has 0 saturated carbocycles. The molecule has 2 aromatic carbocycles. The molecule has 1 amide bonds. The molecule has 208 valence electrons. The van der Waals surface area contributed by atoms with Gasteiger partial charge in [-0.1, -0.05) is 24.1 Å². The number of likely N-dealkylation sites (tertiary alicyclic amines) is 1. The lowest BCUT2D eigenvalue weighted by Crippen LogP contribution is -2.29. The molecule has 1 aromatic heterocycles. The van der Waals surface area contributed by atoms with Crippen LogP contribution in [0.15, 0.2) is 30.3 Å². The van der Waals surface area contributed by atoms with Crippen molar-refractivity contribution in [3.63, 3.8) is 0 Å². The summed E-state index contributed by atoms with van der Waals surface area (Å²) in [6, 6.07) is 9.88. The monoisotopic (exact) mass is 571 g/mol. The van der Waals surface area contributed by atoms with Crippen LogP contribution in [0.1, 0.15) is 67.9 Å². The van der Waals surface area contributed by atoms with Gasteiger partial charge < -0.3 is 14.8 Å². The van der Waals surface area contributed by atoms with E-state index in [4.69, 9.17) is 32.7 Å². The van der Waals surface area contributed by atoms with Gasteiger partial charge in [0.2, 0.25) is 0 Å². The van der Waals surface area contributed by atoms with Gasteiger partial charge in [-0.05, 0) is 83.0 Å². The van der Waals surface area contributed by atoms with Crippen molar-refractivity contribution in [2.75, 3.05) is 25.6 Å². The van der Waals surface area contributed by atoms with Crippen LogP contribution in [0, 0.1) is 0 Å². The maximum Gasteiger partial charge on any atom is 0.419 e. The van der Waals surface area contributed by atoms with Crippen molar-refractivity contribution in [2.45, 2.75) is 65.1 Å². The van der Waals surface area contributed by atoms with Gasteiger partial charge in [-0.15, -0.1) is 11.6 Å². The van der Waals surface area contributed by atoms with Crippen molar-refractivity contribution in [3.8, 4) is 17.0 Å². The predicted molar refractivity (Wildman–Crippen MR) is 155 cm³/mol. The topological polar surface area (TPSA) is 72.8 Å².